The van der Waals surface area contributed by atoms with Crippen LogP contribution < -0.4 is 5.56 Å². The molecule has 5 heteroatoms. The minimum Gasteiger partial charge on any atom is -0.265 e. The van der Waals surface area contributed by atoms with E-state index in [0.717, 1.165) is 0 Å². The molecule has 0 atom stereocenters. The van der Waals surface area contributed by atoms with Crippen LogP contribution in [0.2, 0.25) is 0 Å². The fraction of sp³-hybridized carbons (Fsp3) is 0.333. The number of rotatable bonds is 3. The first-order valence-corrected chi connectivity index (χ1v) is 5.54. The summed E-state index contributed by atoms with van der Waals surface area (Å²) in [6.45, 7) is 4.07. The van der Waals surface area contributed by atoms with E-state index in [1.54, 1.807) is 12.3 Å². The molecule has 0 aliphatic heterocycles. The molecule has 0 unspecified atom stereocenters. The molecule has 0 aliphatic rings. The fourth-order valence-electron chi connectivity index (χ4n) is 1.50. The molecule has 17 heavy (non-hydrogen) atoms. The van der Waals surface area contributed by atoms with Gasteiger partial charge in [0.1, 0.15) is 11.4 Å². The summed E-state index contributed by atoms with van der Waals surface area (Å²) < 4.78 is 0. The third kappa shape index (κ3) is 2.75. The first kappa shape index (κ1) is 11.4. The number of aromatic amines is 1. The summed E-state index contributed by atoms with van der Waals surface area (Å²) in [7, 11) is 0. The molecule has 2 aromatic rings. The van der Waals surface area contributed by atoms with Gasteiger partial charge in [0.2, 0.25) is 0 Å². The number of aromatic nitrogens is 4. The van der Waals surface area contributed by atoms with E-state index < -0.39 is 0 Å². The smallest absolute Gasteiger partial charge is 0.265 e. The molecular weight excluding hydrogens is 216 g/mol. The van der Waals surface area contributed by atoms with Gasteiger partial charge in [0.25, 0.3) is 5.56 Å². The average Bonchev–Trinajstić information content (AvgIpc) is 2.32. The van der Waals surface area contributed by atoms with E-state index >= 15 is 0 Å². The maximum Gasteiger partial charge on any atom is 0.295 e. The molecule has 1 N–H and O–H groups in total. The van der Waals surface area contributed by atoms with Crippen molar-refractivity contribution < 1.29 is 0 Å². The second kappa shape index (κ2) is 4.86. The van der Waals surface area contributed by atoms with Gasteiger partial charge in [0.15, 0.2) is 5.82 Å². The van der Waals surface area contributed by atoms with Crippen LogP contribution in [0.25, 0.3) is 11.5 Å². The van der Waals surface area contributed by atoms with Crippen molar-refractivity contribution in [2.24, 2.45) is 5.92 Å². The van der Waals surface area contributed by atoms with Crippen LogP contribution in [-0.4, -0.2) is 20.2 Å². The number of H-pyrrole nitrogens is 1. The first-order valence-electron chi connectivity index (χ1n) is 5.54. The van der Waals surface area contributed by atoms with Crippen LogP contribution in [-0.2, 0) is 6.42 Å². The molecule has 0 aliphatic carbocycles. The average molecular weight is 230 g/mol. The lowest BCUT2D eigenvalue weighted by molar-refractivity contribution is 0.619. The highest BCUT2D eigenvalue weighted by atomic mass is 16.1. The largest absolute Gasteiger partial charge is 0.295 e. The zero-order chi connectivity index (χ0) is 12.3. The van der Waals surface area contributed by atoms with Crippen LogP contribution in [0.1, 0.15) is 19.5 Å². The second-order valence-corrected chi connectivity index (χ2v) is 4.25. The molecule has 2 heterocycles. The van der Waals surface area contributed by atoms with Gasteiger partial charge < -0.3 is 0 Å². The van der Waals surface area contributed by atoms with Gasteiger partial charge in [-0.3, -0.25) is 14.9 Å². The number of pyridine rings is 1. The van der Waals surface area contributed by atoms with E-state index in [1.165, 1.54) is 0 Å². The molecule has 88 valence electrons. The molecule has 2 rings (SSSR count). The summed E-state index contributed by atoms with van der Waals surface area (Å²) >= 11 is 0. The normalized spacial score (nSPS) is 10.8. The molecule has 0 radical (unpaired) electrons. The van der Waals surface area contributed by atoms with Gasteiger partial charge in [-0.05, 0) is 24.5 Å². The Labute approximate surface area is 99.0 Å². The van der Waals surface area contributed by atoms with Crippen LogP contribution >= 0.6 is 0 Å². The maximum absolute atomic E-state index is 11.7. The summed E-state index contributed by atoms with van der Waals surface area (Å²) in [6, 6.07) is 5.43. The third-order valence-electron chi connectivity index (χ3n) is 2.27. The highest BCUT2D eigenvalue weighted by Crippen LogP contribution is 2.07. The second-order valence-electron chi connectivity index (χ2n) is 4.25. The minimum absolute atomic E-state index is 0.280. The Kier molecular flexibility index (Phi) is 3.27. The Hall–Kier alpha value is -2.04. The van der Waals surface area contributed by atoms with Gasteiger partial charge in [-0.1, -0.05) is 19.9 Å². The van der Waals surface area contributed by atoms with Crippen molar-refractivity contribution in [1.82, 2.24) is 20.2 Å². The lowest BCUT2D eigenvalue weighted by atomic mass is 10.1. The van der Waals surface area contributed by atoms with Gasteiger partial charge in [-0.15, -0.1) is 0 Å². The predicted molar refractivity (Wildman–Crippen MR) is 64.4 cm³/mol. The van der Waals surface area contributed by atoms with Gasteiger partial charge in [0, 0.05) is 6.20 Å². The Morgan fingerprint density at radius 3 is 2.76 bits per heavy atom. The van der Waals surface area contributed by atoms with Crippen LogP contribution in [0, 0.1) is 5.92 Å². The molecule has 2 aromatic heterocycles. The van der Waals surface area contributed by atoms with Crippen molar-refractivity contribution in [2.75, 3.05) is 0 Å². The van der Waals surface area contributed by atoms with E-state index in [9.17, 15) is 4.79 Å². The van der Waals surface area contributed by atoms with Crippen molar-refractivity contribution in [3.8, 4) is 11.5 Å². The molecule has 0 amide bonds. The van der Waals surface area contributed by atoms with Crippen molar-refractivity contribution in [1.29, 1.82) is 0 Å². The molecule has 5 nitrogen and oxygen atoms in total. The molecule has 0 aromatic carbocycles. The molecule has 0 saturated heterocycles. The highest BCUT2D eigenvalue weighted by Gasteiger charge is 2.08. The molecular formula is C12H14N4O. The highest BCUT2D eigenvalue weighted by molar-refractivity contribution is 5.46. The van der Waals surface area contributed by atoms with E-state index in [2.05, 4.69) is 20.2 Å². The van der Waals surface area contributed by atoms with E-state index in [1.807, 2.05) is 26.0 Å². The van der Waals surface area contributed by atoms with Crippen LogP contribution in [0.4, 0.5) is 0 Å². The fourth-order valence-corrected chi connectivity index (χ4v) is 1.50. The SMILES string of the molecule is CC(C)Cc1n[nH]c(-c2ccccn2)nc1=O. The Morgan fingerprint density at radius 1 is 1.35 bits per heavy atom. The topological polar surface area (TPSA) is 71.5 Å². The lowest BCUT2D eigenvalue weighted by Crippen LogP contribution is -2.19. The lowest BCUT2D eigenvalue weighted by Gasteiger charge is -2.03. The van der Waals surface area contributed by atoms with Crippen molar-refractivity contribution in [3.05, 3.63) is 40.4 Å². The summed E-state index contributed by atoms with van der Waals surface area (Å²) in [6.07, 6.45) is 2.28. The van der Waals surface area contributed by atoms with Gasteiger partial charge >= 0.3 is 0 Å². The van der Waals surface area contributed by atoms with Crippen molar-refractivity contribution in [3.63, 3.8) is 0 Å². The van der Waals surface area contributed by atoms with Crippen LogP contribution in [0.3, 0.4) is 0 Å². The summed E-state index contributed by atoms with van der Waals surface area (Å²) in [4.78, 5) is 19.8. The van der Waals surface area contributed by atoms with Crippen molar-refractivity contribution in [2.45, 2.75) is 20.3 Å². The molecule has 0 saturated carbocycles. The summed E-state index contributed by atoms with van der Waals surface area (Å²) in [5.41, 5.74) is 0.811. The Bertz CT molecular complexity index is 548. The molecule has 0 spiro atoms. The third-order valence-corrected chi connectivity index (χ3v) is 2.27. The minimum atomic E-state index is -0.280. The standard InChI is InChI=1S/C12H14N4O/c1-8(2)7-10-12(17)14-11(16-15-10)9-5-3-4-6-13-9/h3-6,8H,7H2,1-2H3,(H,14,16,17). The molecule has 0 bridgehead atoms. The number of nitrogens with zero attached hydrogens (tertiary/aromatic N) is 3. The van der Waals surface area contributed by atoms with E-state index in [4.69, 9.17) is 0 Å². The van der Waals surface area contributed by atoms with Crippen LogP contribution in [0.5, 0.6) is 0 Å². The van der Waals surface area contributed by atoms with Crippen LogP contribution in [0.15, 0.2) is 29.2 Å². The Morgan fingerprint density at radius 2 is 2.18 bits per heavy atom. The van der Waals surface area contributed by atoms with Crippen molar-refractivity contribution >= 4 is 0 Å². The Balaban J connectivity index is 2.35. The zero-order valence-electron chi connectivity index (χ0n) is 9.84. The quantitative estimate of drug-likeness (QED) is 0.865. The summed E-state index contributed by atoms with van der Waals surface area (Å²) in [5.74, 6) is 0.786. The number of hydrogen-bond acceptors (Lipinski definition) is 4. The maximum atomic E-state index is 11.7. The first-order chi connectivity index (χ1) is 8.16. The number of hydrogen-bond donors (Lipinski definition) is 1. The predicted octanol–water partition coefficient (Wildman–Crippen LogP) is 1.43. The summed E-state index contributed by atoms with van der Waals surface area (Å²) in [5, 5.41) is 6.83. The number of nitrogens with one attached hydrogen (secondary N) is 1. The van der Waals surface area contributed by atoms with Gasteiger partial charge in [-0.2, -0.15) is 10.1 Å². The van der Waals surface area contributed by atoms with Gasteiger partial charge in [-0.25, -0.2) is 0 Å². The van der Waals surface area contributed by atoms with E-state index in [0.29, 0.717) is 29.6 Å². The zero-order valence-corrected chi connectivity index (χ0v) is 9.84. The molecule has 0 fully saturated rings. The van der Waals surface area contributed by atoms with Gasteiger partial charge in [0.05, 0.1) is 0 Å². The van der Waals surface area contributed by atoms with E-state index in [-0.39, 0.29) is 5.56 Å². The monoisotopic (exact) mass is 230 g/mol.